The average molecular weight is 941 g/mol. The van der Waals surface area contributed by atoms with E-state index in [4.69, 9.17) is 0 Å². The van der Waals surface area contributed by atoms with E-state index in [2.05, 4.69) is 270 Å². The van der Waals surface area contributed by atoms with E-state index < -0.39 is 0 Å². The lowest BCUT2D eigenvalue weighted by Gasteiger charge is -2.25. The third-order valence-electron chi connectivity index (χ3n) is 15.4. The van der Waals surface area contributed by atoms with Crippen molar-refractivity contribution in [3.8, 4) is 22.3 Å². The number of fused-ring (bicyclic) bond motifs is 2. The molecule has 0 radical (unpaired) electrons. The van der Waals surface area contributed by atoms with E-state index in [0.717, 1.165) is 32.1 Å². The van der Waals surface area contributed by atoms with Crippen LogP contribution in [0.2, 0.25) is 0 Å². The van der Waals surface area contributed by atoms with Gasteiger partial charge in [0.25, 0.3) is 0 Å². The van der Waals surface area contributed by atoms with Crippen LogP contribution in [-0.4, -0.2) is 0 Å². The van der Waals surface area contributed by atoms with Gasteiger partial charge in [0.15, 0.2) is 0 Å². The van der Waals surface area contributed by atoms with Crippen LogP contribution in [0.5, 0.6) is 0 Å². The first kappa shape index (κ1) is 47.3. The lowest BCUT2D eigenvalue weighted by atomic mass is 9.80. The number of allylic oxidation sites excluding steroid dienone is 24. The summed E-state index contributed by atoms with van der Waals surface area (Å²) in [6.45, 7) is 9.37. The van der Waals surface area contributed by atoms with E-state index >= 15 is 0 Å². The predicted molar refractivity (Wildman–Crippen MR) is 317 cm³/mol. The monoisotopic (exact) mass is 941 g/mol. The molecule has 356 valence electrons. The molecule has 0 N–H and O–H groups in total. The third-order valence-corrected chi connectivity index (χ3v) is 15.4. The maximum absolute atomic E-state index is 2.53. The normalized spacial score (nSPS) is 23.7. The van der Waals surface area contributed by atoms with Crippen LogP contribution in [-0.2, 0) is 0 Å². The van der Waals surface area contributed by atoms with Crippen LogP contribution in [0, 0.1) is 11.8 Å². The minimum atomic E-state index is 0.313. The first-order chi connectivity index (χ1) is 35.9. The Morgan fingerprint density at radius 2 is 0.986 bits per heavy atom. The zero-order valence-corrected chi connectivity index (χ0v) is 42.8. The molecule has 0 amide bonds. The van der Waals surface area contributed by atoms with E-state index in [1.54, 1.807) is 0 Å². The lowest BCUT2D eigenvalue weighted by molar-refractivity contribution is 0.690. The van der Waals surface area contributed by atoms with Crippen LogP contribution in [0.1, 0.15) is 82.1 Å². The summed E-state index contributed by atoms with van der Waals surface area (Å²) >= 11 is 0. The standard InChI is InChI=1S/C73H64/c1-50-20-17-33-66(57-28-15-8-16-29-57)67(42-35-50)65-43-39-59(30-18-21-52(65)3)72-68-44-40-62(56-26-13-7-14-27-56)49-71(68)73(69-45-41-61(48-70(69)72)55-24-11-6-12-25-55)63-38-37-58(36-34-51(2)46-63)64-32-19-31-60(47-53(64)4)54-22-9-5-10-23-54/h5-20,22-33,36-41,43-46,48-49,51-52H,21,34-35,42,47H2,1-4H3/b30-18+,33-17-,38-37-,50-20?,58-36-,59-39+,63-46+,65-43+,67-66-. The van der Waals surface area contributed by atoms with Crippen molar-refractivity contribution in [2.45, 2.75) is 59.8 Å². The van der Waals surface area contributed by atoms with Crippen LogP contribution in [0.25, 0.3) is 66.1 Å². The molecule has 11 rings (SSSR count). The van der Waals surface area contributed by atoms with Crippen LogP contribution >= 0.6 is 0 Å². The molecule has 7 aromatic rings. The Labute approximate surface area is 433 Å². The molecule has 2 atom stereocenters. The predicted octanol–water partition coefficient (Wildman–Crippen LogP) is 20.2. The van der Waals surface area contributed by atoms with Gasteiger partial charge in [-0.2, -0.15) is 0 Å². The van der Waals surface area contributed by atoms with Crippen molar-refractivity contribution < 1.29 is 0 Å². The Morgan fingerprint density at radius 3 is 1.63 bits per heavy atom. The Bertz CT molecular complexity index is 3620. The molecular formula is C73H64. The molecule has 0 aromatic heterocycles. The van der Waals surface area contributed by atoms with Gasteiger partial charge in [-0.05, 0) is 181 Å². The van der Waals surface area contributed by atoms with Gasteiger partial charge in [-0.25, -0.2) is 0 Å². The van der Waals surface area contributed by atoms with Crippen molar-refractivity contribution in [2.75, 3.05) is 0 Å². The SMILES string of the molecule is CC1=C\C=C/C(c2ccccc2)=C(/C2=C/C=C(c3c4ccc(-c5ccccc5)cc4c(C4=C/C(C)C/C=C(C5=C(C)CC(c6ccccc6)=CC=C5)/C=C\4)c4ccc(-c5ccccc5)cc34)\C=C\CC2C)CC1. The highest BCUT2D eigenvalue weighted by molar-refractivity contribution is 6.19. The highest BCUT2D eigenvalue weighted by Gasteiger charge is 2.23. The quantitative estimate of drug-likeness (QED) is 0.133. The molecule has 0 spiro atoms. The summed E-state index contributed by atoms with van der Waals surface area (Å²) in [5.41, 5.74) is 23.4. The molecule has 0 bridgehead atoms. The van der Waals surface area contributed by atoms with Crippen molar-refractivity contribution in [1.82, 2.24) is 0 Å². The zero-order chi connectivity index (χ0) is 49.7. The summed E-state index contributed by atoms with van der Waals surface area (Å²) < 4.78 is 0. The van der Waals surface area contributed by atoms with Crippen molar-refractivity contribution >= 4 is 43.8 Å². The second-order valence-electron chi connectivity index (χ2n) is 20.5. The summed E-state index contributed by atoms with van der Waals surface area (Å²) in [7, 11) is 0. The molecule has 0 saturated heterocycles. The fraction of sp³-hybridized carbons (Fsp3) is 0.151. The van der Waals surface area contributed by atoms with Gasteiger partial charge in [0, 0.05) is 0 Å². The van der Waals surface area contributed by atoms with Crippen LogP contribution in [0.4, 0.5) is 0 Å². The van der Waals surface area contributed by atoms with Gasteiger partial charge in [0.1, 0.15) is 0 Å². The smallest absolute Gasteiger partial charge is 0.00263 e. The van der Waals surface area contributed by atoms with E-state index in [9.17, 15) is 0 Å². The minimum absolute atomic E-state index is 0.313. The maximum Gasteiger partial charge on any atom is -0.00263 e. The molecule has 0 saturated carbocycles. The molecule has 0 aliphatic heterocycles. The average Bonchev–Trinajstić information content (AvgIpc) is 3.61. The van der Waals surface area contributed by atoms with E-state index in [1.807, 2.05) is 0 Å². The summed E-state index contributed by atoms with van der Waals surface area (Å²) in [4.78, 5) is 0. The van der Waals surface area contributed by atoms with Crippen molar-refractivity contribution in [3.05, 3.63) is 298 Å². The molecule has 4 aliphatic carbocycles. The zero-order valence-electron chi connectivity index (χ0n) is 42.8. The number of benzene rings is 7. The Balaban J connectivity index is 1.13. The summed E-state index contributed by atoms with van der Waals surface area (Å²) in [6.07, 6.45) is 38.2. The third kappa shape index (κ3) is 10.1. The Kier molecular flexibility index (Phi) is 13.8. The number of rotatable bonds is 8. The van der Waals surface area contributed by atoms with Gasteiger partial charge in [-0.3, -0.25) is 0 Å². The van der Waals surface area contributed by atoms with Gasteiger partial charge in [0.2, 0.25) is 0 Å². The second kappa shape index (κ2) is 21.3. The van der Waals surface area contributed by atoms with Crippen LogP contribution in [0.3, 0.4) is 0 Å². The summed E-state index contributed by atoms with van der Waals surface area (Å²) in [6, 6.07) is 58.1. The van der Waals surface area contributed by atoms with Gasteiger partial charge < -0.3 is 0 Å². The van der Waals surface area contributed by atoms with E-state index in [1.165, 1.54) is 122 Å². The number of hydrogen-bond donors (Lipinski definition) is 0. The fourth-order valence-corrected chi connectivity index (χ4v) is 11.5. The lowest BCUT2D eigenvalue weighted by Crippen LogP contribution is -2.07. The largest absolute Gasteiger partial charge is 0.0833 e. The van der Waals surface area contributed by atoms with Gasteiger partial charge >= 0.3 is 0 Å². The Morgan fingerprint density at radius 1 is 0.425 bits per heavy atom. The molecule has 73 heavy (non-hydrogen) atoms. The highest BCUT2D eigenvalue weighted by atomic mass is 14.3. The van der Waals surface area contributed by atoms with E-state index in [0.29, 0.717) is 11.8 Å². The topological polar surface area (TPSA) is 0 Å². The van der Waals surface area contributed by atoms with E-state index in [-0.39, 0.29) is 0 Å². The molecule has 0 fully saturated rings. The molecule has 0 heterocycles. The maximum atomic E-state index is 2.53. The molecule has 7 aromatic carbocycles. The number of hydrogen-bond acceptors (Lipinski definition) is 0. The fourth-order valence-electron chi connectivity index (χ4n) is 11.5. The molecule has 2 unspecified atom stereocenters. The molecule has 0 heteroatoms. The van der Waals surface area contributed by atoms with Crippen molar-refractivity contribution in [3.63, 3.8) is 0 Å². The molecule has 4 aliphatic rings. The van der Waals surface area contributed by atoms with Crippen LogP contribution in [0.15, 0.2) is 276 Å². The summed E-state index contributed by atoms with van der Waals surface area (Å²) in [5.74, 6) is 0.664. The first-order valence-corrected chi connectivity index (χ1v) is 26.5. The van der Waals surface area contributed by atoms with Crippen molar-refractivity contribution in [1.29, 1.82) is 0 Å². The van der Waals surface area contributed by atoms with Gasteiger partial charge in [-0.1, -0.05) is 256 Å². The van der Waals surface area contributed by atoms with Gasteiger partial charge in [-0.15, -0.1) is 0 Å². The highest BCUT2D eigenvalue weighted by Crippen LogP contribution is 2.46. The first-order valence-electron chi connectivity index (χ1n) is 26.5. The second-order valence-corrected chi connectivity index (χ2v) is 20.5. The minimum Gasteiger partial charge on any atom is -0.0833 e. The van der Waals surface area contributed by atoms with Crippen LogP contribution < -0.4 is 0 Å². The van der Waals surface area contributed by atoms with Gasteiger partial charge in [0.05, 0.1) is 0 Å². The molecular weight excluding hydrogens is 877 g/mol. The molecule has 0 nitrogen and oxygen atoms in total. The summed E-state index contributed by atoms with van der Waals surface area (Å²) in [5, 5.41) is 5.05. The Hall–Kier alpha value is -8.06. The van der Waals surface area contributed by atoms with Crippen molar-refractivity contribution in [2.24, 2.45) is 11.8 Å².